The van der Waals surface area contributed by atoms with Crippen LogP contribution in [0.3, 0.4) is 0 Å². The zero-order valence-corrected chi connectivity index (χ0v) is 10.8. The molecule has 0 aromatic carbocycles. The molecule has 0 aromatic heterocycles. The van der Waals surface area contributed by atoms with Gasteiger partial charge >= 0.3 is 0 Å². The average molecular weight is 224 g/mol. The van der Waals surface area contributed by atoms with Crippen LogP contribution in [0.1, 0.15) is 51.9 Å². The highest BCUT2D eigenvalue weighted by Gasteiger charge is 2.24. The highest BCUT2D eigenvalue weighted by Crippen LogP contribution is 2.26. The van der Waals surface area contributed by atoms with Crippen molar-refractivity contribution in [2.75, 3.05) is 19.6 Å². The van der Waals surface area contributed by atoms with E-state index in [4.69, 9.17) is 5.73 Å². The maximum Gasteiger partial charge on any atom is 0.0196 e. The van der Waals surface area contributed by atoms with Crippen LogP contribution in [-0.2, 0) is 0 Å². The van der Waals surface area contributed by atoms with Crippen LogP contribution in [0.25, 0.3) is 0 Å². The Morgan fingerprint density at radius 3 is 2.31 bits per heavy atom. The van der Waals surface area contributed by atoms with Gasteiger partial charge in [0.25, 0.3) is 0 Å². The minimum absolute atomic E-state index is 0.439. The van der Waals surface area contributed by atoms with Crippen molar-refractivity contribution < 1.29 is 0 Å². The van der Waals surface area contributed by atoms with Crippen molar-refractivity contribution in [2.24, 2.45) is 17.6 Å². The molecule has 2 aliphatic rings. The Hall–Kier alpha value is -0.0800. The van der Waals surface area contributed by atoms with E-state index in [9.17, 15) is 0 Å². The monoisotopic (exact) mass is 224 g/mol. The fourth-order valence-corrected chi connectivity index (χ4v) is 3.25. The van der Waals surface area contributed by atoms with E-state index in [1.54, 1.807) is 0 Å². The third kappa shape index (κ3) is 3.46. The van der Waals surface area contributed by atoms with E-state index < -0.39 is 0 Å². The SMILES string of the molecule is CC1CCN(CC(N)C2CCCCC2)CC1. The molecule has 2 nitrogen and oxygen atoms in total. The first-order valence-electron chi connectivity index (χ1n) is 7.23. The second-order valence-electron chi connectivity index (χ2n) is 6.05. The lowest BCUT2D eigenvalue weighted by Crippen LogP contribution is -2.45. The second kappa shape index (κ2) is 6.02. The minimum atomic E-state index is 0.439. The van der Waals surface area contributed by atoms with Crippen molar-refractivity contribution in [2.45, 2.75) is 57.9 Å². The number of rotatable bonds is 3. The zero-order valence-electron chi connectivity index (χ0n) is 10.8. The van der Waals surface area contributed by atoms with Gasteiger partial charge in [0, 0.05) is 12.6 Å². The molecule has 1 unspecified atom stereocenters. The molecule has 2 N–H and O–H groups in total. The van der Waals surface area contributed by atoms with Crippen LogP contribution in [0.5, 0.6) is 0 Å². The smallest absolute Gasteiger partial charge is 0.0196 e. The van der Waals surface area contributed by atoms with Gasteiger partial charge in [-0.1, -0.05) is 26.2 Å². The summed E-state index contributed by atoms with van der Waals surface area (Å²) in [5.41, 5.74) is 6.37. The maximum absolute atomic E-state index is 6.37. The molecule has 2 heteroatoms. The summed E-state index contributed by atoms with van der Waals surface area (Å²) >= 11 is 0. The first-order chi connectivity index (χ1) is 7.75. The van der Waals surface area contributed by atoms with E-state index in [0.717, 1.165) is 18.4 Å². The lowest BCUT2D eigenvalue weighted by atomic mass is 9.84. The van der Waals surface area contributed by atoms with E-state index in [2.05, 4.69) is 11.8 Å². The molecule has 0 amide bonds. The number of hydrogen-bond acceptors (Lipinski definition) is 2. The van der Waals surface area contributed by atoms with Gasteiger partial charge in [-0.3, -0.25) is 0 Å². The Morgan fingerprint density at radius 2 is 1.69 bits per heavy atom. The molecule has 0 aromatic rings. The standard InChI is InChI=1S/C14H28N2/c1-12-7-9-16(10-8-12)11-14(15)13-5-3-2-4-6-13/h12-14H,2-11,15H2,1H3. The lowest BCUT2D eigenvalue weighted by molar-refractivity contribution is 0.159. The molecule has 1 saturated carbocycles. The van der Waals surface area contributed by atoms with E-state index in [0.29, 0.717) is 6.04 Å². The van der Waals surface area contributed by atoms with E-state index >= 15 is 0 Å². The van der Waals surface area contributed by atoms with Crippen LogP contribution < -0.4 is 5.73 Å². The van der Waals surface area contributed by atoms with Crippen LogP contribution >= 0.6 is 0 Å². The topological polar surface area (TPSA) is 29.3 Å². The van der Waals surface area contributed by atoms with Crippen molar-refractivity contribution >= 4 is 0 Å². The van der Waals surface area contributed by atoms with E-state index in [-0.39, 0.29) is 0 Å². The molecular weight excluding hydrogens is 196 g/mol. The van der Waals surface area contributed by atoms with Gasteiger partial charge in [-0.15, -0.1) is 0 Å². The summed E-state index contributed by atoms with van der Waals surface area (Å²) in [5, 5.41) is 0. The van der Waals surface area contributed by atoms with Gasteiger partial charge in [0.15, 0.2) is 0 Å². The maximum atomic E-state index is 6.37. The van der Waals surface area contributed by atoms with Gasteiger partial charge < -0.3 is 10.6 Å². The number of nitrogens with two attached hydrogens (primary N) is 1. The van der Waals surface area contributed by atoms with E-state index in [1.807, 2.05) is 0 Å². The Morgan fingerprint density at radius 1 is 1.06 bits per heavy atom. The molecule has 0 bridgehead atoms. The summed E-state index contributed by atoms with van der Waals surface area (Å²) in [5.74, 6) is 1.75. The number of likely N-dealkylation sites (tertiary alicyclic amines) is 1. The van der Waals surface area contributed by atoms with Crippen molar-refractivity contribution in [3.63, 3.8) is 0 Å². The van der Waals surface area contributed by atoms with Crippen molar-refractivity contribution in [3.8, 4) is 0 Å². The van der Waals surface area contributed by atoms with Gasteiger partial charge in [0.2, 0.25) is 0 Å². The molecule has 0 radical (unpaired) electrons. The molecular formula is C14H28N2. The normalized spacial score (nSPS) is 28.1. The number of piperidine rings is 1. The molecule has 1 aliphatic carbocycles. The van der Waals surface area contributed by atoms with Crippen molar-refractivity contribution in [3.05, 3.63) is 0 Å². The lowest BCUT2D eigenvalue weighted by Gasteiger charge is -2.35. The highest BCUT2D eigenvalue weighted by atomic mass is 15.1. The molecule has 16 heavy (non-hydrogen) atoms. The number of nitrogens with zero attached hydrogens (tertiary/aromatic N) is 1. The largest absolute Gasteiger partial charge is 0.326 e. The van der Waals surface area contributed by atoms with Gasteiger partial charge in [-0.25, -0.2) is 0 Å². The molecule has 2 fully saturated rings. The zero-order chi connectivity index (χ0) is 11.4. The van der Waals surface area contributed by atoms with Crippen LogP contribution in [0.15, 0.2) is 0 Å². The van der Waals surface area contributed by atoms with Crippen LogP contribution in [0, 0.1) is 11.8 Å². The van der Waals surface area contributed by atoms with Gasteiger partial charge in [0.1, 0.15) is 0 Å². The quantitative estimate of drug-likeness (QED) is 0.798. The summed E-state index contributed by atoms with van der Waals surface area (Å²) in [6, 6.07) is 0.439. The number of hydrogen-bond donors (Lipinski definition) is 1. The fourth-order valence-electron chi connectivity index (χ4n) is 3.25. The summed E-state index contributed by atoms with van der Waals surface area (Å²) < 4.78 is 0. The molecule has 1 heterocycles. The molecule has 1 saturated heterocycles. The van der Waals surface area contributed by atoms with Crippen molar-refractivity contribution in [1.29, 1.82) is 0 Å². The van der Waals surface area contributed by atoms with Crippen LogP contribution in [-0.4, -0.2) is 30.6 Å². The molecule has 94 valence electrons. The predicted molar refractivity (Wildman–Crippen MR) is 69.4 cm³/mol. The van der Waals surface area contributed by atoms with Crippen LogP contribution in [0.4, 0.5) is 0 Å². The Balaban J connectivity index is 1.71. The van der Waals surface area contributed by atoms with Gasteiger partial charge in [-0.05, 0) is 50.6 Å². The van der Waals surface area contributed by atoms with Crippen molar-refractivity contribution in [1.82, 2.24) is 4.90 Å². The molecule has 1 atom stereocenters. The molecule has 0 spiro atoms. The first-order valence-corrected chi connectivity index (χ1v) is 7.23. The summed E-state index contributed by atoms with van der Waals surface area (Å²) in [4.78, 5) is 2.60. The minimum Gasteiger partial charge on any atom is -0.326 e. The van der Waals surface area contributed by atoms with Crippen LogP contribution in [0.2, 0.25) is 0 Å². The molecule has 1 aliphatic heterocycles. The summed E-state index contributed by atoms with van der Waals surface area (Å²) in [6.07, 6.45) is 9.76. The average Bonchev–Trinajstić information content (AvgIpc) is 2.33. The Labute approximate surface area is 101 Å². The first kappa shape index (κ1) is 12.4. The fraction of sp³-hybridized carbons (Fsp3) is 1.00. The molecule has 2 rings (SSSR count). The summed E-state index contributed by atoms with van der Waals surface area (Å²) in [7, 11) is 0. The highest BCUT2D eigenvalue weighted by molar-refractivity contribution is 4.81. The Kier molecular flexibility index (Phi) is 4.66. The third-order valence-corrected chi connectivity index (χ3v) is 4.60. The predicted octanol–water partition coefficient (Wildman–Crippen LogP) is 2.63. The van der Waals surface area contributed by atoms with Gasteiger partial charge in [0.05, 0.1) is 0 Å². The Bertz CT molecular complexity index is 191. The van der Waals surface area contributed by atoms with Gasteiger partial charge in [-0.2, -0.15) is 0 Å². The van der Waals surface area contributed by atoms with E-state index in [1.165, 1.54) is 58.0 Å². The second-order valence-corrected chi connectivity index (χ2v) is 6.05. The third-order valence-electron chi connectivity index (χ3n) is 4.60. The summed E-state index contributed by atoms with van der Waals surface area (Å²) in [6.45, 7) is 6.08.